The Labute approximate surface area is 112 Å². The molecule has 0 saturated carbocycles. The Morgan fingerprint density at radius 2 is 1.53 bits per heavy atom. The normalized spacial score (nSPS) is 11.4. The molecule has 0 aliphatic heterocycles. The second-order valence-electron chi connectivity index (χ2n) is 4.51. The number of hydroxylamine groups is 1. The highest BCUT2D eigenvalue weighted by atomic mass is 17.1. The molecule has 8 heteroatoms. The lowest BCUT2D eigenvalue weighted by atomic mass is 10.2. The number of nitrogens with one attached hydrogen (secondary N) is 1. The van der Waals surface area contributed by atoms with Crippen LogP contribution in [0.15, 0.2) is 0 Å². The van der Waals surface area contributed by atoms with Crippen LogP contribution in [0.3, 0.4) is 0 Å². The number of carbonyl (C=O) groups is 1. The smallest absolute Gasteiger partial charge is 0.431 e. The lowest BCUT2D eigenvalue weighted by Crippen LogP contribution is -2.33. The number of hydrogen-bond donors (Lipinski definition) is 2. The van der Waals surface area contributed by atoms with Crippen LogP contribution in [0.5, 0.6) is 0 Å². The molecule has 0 saturated heterocycles. The van der Waals surface area contributed by atoms with E-state index in [2.05, 4.69) is 10.4 Å². The third-order valence-electron chi connectivity index (χ3n) is 1.58. The maximum absolute atomic E-state index is 11.1. The number of hydrogen-bond acceptors (Lipinski definition) is 7. The van der Waals surface area contributed by atoms with Gasteiger partial charge in [0.25, 0.3) is 0 Å². The molecule has 0 aliphatic rings. The molecule has 0 spiro atoms. The van der Waals surface area contributed by atoms with Gasteiger partial charge in [0.05, 0.1) is 33.0 Å². The monoisotopic (exact) mass is 281 g/mol. The highest BCUT2D eigenvalue weighted by Gasteiger charge is 2.15. The maximum atomic E-state index is 11.1. The van der Waals surface area contributed by atoms with Gasteiger partial charge in [0.2, 0.25) is 0 Å². The minimum Gasteiger partial charge on any atom is -0.442 e. The van der Waals surface area contributed by atoms with Crippen molar-refractivity contribution in [1.82, 2.24) is 5.48 Å². The zero-order chi connectivity index (χ0) is 14.6. The van der Waals surface area contributed by atoms with Gasteiger partial charge in [-0.15, -0.1) is 0 Å². The van der Waals surface area contributed by atoms with E-state index in [0.717, 1.165) is 0 Å². The van der Waals surface area contributed by atoms with E-state index in [9.17, 15) is 4.79 Å². The van der Waals surface area contributed by atoms with E-state index < -0.39 is 11.7 Å². The summed E-state index contributed by atoms with van der Waals surface area (Å²) in [5.41, 5.74) is 1.59. The Morgan fingerprint density at radius 1 is 1.00 bits per heavy atom. The fraction of sp³-hybridized carbons (Fsp3) is 0.909. The van der Waals surface area contributed by atoms with Gasteiger partial charge >= 0.3 is 6.09 Å². The van der Waals surface area contributed by atoms with Crippen molar-refractivity contribution in [3.05, 3.63) is 0 Å². The summed E-state index contributed by atoms with van der Waals surface area (Å²) in [5, 5.41) is 8.01. The predicted molar refractivity (Wildman–Crippen MR) is 65.5 cm³/mol. The Kier molecular flexibility index (Phi) is 10.4. The topological polar surface area (TPSA) is 95.5 Å². The molecular weight excluding hydrogens is 258 g/mol. The predicted octanol–water partition coefficient (Wildman–Crippen LogP) is 0.965. The molecule has 2 N–H and O–H groups in total. The maximum Gasteiger partial charge on any atom is 0.431 e. The highest BCUT2D eigenvalue weighted by Crippen LogP contribution is 2.06. The number of ether oxygens (including phenoxy) is 3. The Bertz CT molecular complexity index is 230. The summed E-state index contributed by atoms with van der Waals surface area (Å²) in [6.07, 6.45) is -0.639. The van der Waals surface area contributed by atoms with Gasteiger partial charge in [-0.05, 0) is 20.8 Å². The van der Waals surface area contributed by atoms with Gasteiger partial charge in [0.1, 0.15) is 12.2 Å². The van der Waals surface area contributed by atoms with E-state index >= 15 is 0 Å². The molecule has 0 rings (SSSR count). The van der Waals surface area contributed by atoms with Crippen molar-refractivity contribution in [1.29, 1.82) is 0 Å². The third kappa shape index (κ3) is 15.0. The lowest BCUT2D eigenvalue weighted by Gasteiger charge is -2.19. The largest absolute Gasteiger partial charge is 0.442 e. The Morgan fingerprint density at radius 3 is 2.05 bits per heavy atom. The molecule has 0 aliphatic carbocycles. The van der Waals surface area contributed by atoms with E-state index in [1.54, 1.807) is 20.8 Å². The van der Waals surface area contributed by atoms with Crippen LogP contribution in [0.1, 0.15) is 20.8 Å². The molecule has 8 nitrogen and oxygen atoms in total. The summed E-state index contributed by atoms with van der Waals surface area (Å²) in [6.45, 7) is 7.02. The first-order valence-corrected chi connectivity index (χ1v) is 5.98. The van der Waals surface area contributed by atoms with Crippen molar-refractivity contribution in [2.75, 3.05) is 39.6 Å². The standard InChI is InChI=1S/C11H23NO7/c1-11(2,3)19-10(13)12-17-8-6-15-4-5-16-7-9-18-14/h14H,4-9H2,1-3H3,(H,12,13). The van der Waals surface area contributed by atoms with Crippen molar-refractivity contribution >= 4 is 6.09 Å². The van der Waals surface area contributed by atoms with Crippen molar-refractivity contribution < 1.29 is 34.0 Å². The Hall–Kier alpha value is -0.930. The van der Waals surface area contributed by atoms with Crippen LogP contribution in [0.4, 0.5) is 4.79 Å². The van der Waals surface area contributed by atoms with Gasteiger partial charge in [-0.25, -0.2) is 9.68 Å². The van der Waals surface area contributed by atoms with E-state index in [-0.39, 0.29) is 13.2 Å². The van der Waals surface area contributed by atoms with Gasteiger partial charge in [0.15, 0.2) is 0 Å². The van der Waals surface area contributed by atoms with Crippen LogP contribution < -0.4 is 5.48 Å². The van der Waals surface area contributed by atoms with Crippen LogP contribution in [0.2, 0.25) is 0 Å². The summed E-state index contributed by atoms with van der Waals surface area (Å²) in [7, 11) is 0. The van der Waals surface area contributed by atoms with Crippen LogP contribution in [0.25, 0.3) is 0 Å². The minimum atomic E-state index is -0.639. The van der Waals surface area contributed by atoms with Crippen molar-refractivity contribution in [2.24, 2.45) is 0 Å². The summed E-state index contributed by atoms with van der Waals surface area (Å²) < 4.78 is 15.1. The van der Waals surface area contributed by atoms with Crippen LogP contribution in [-0.4, -0.2) is 56.6 Å². The molecule has 0 aromatic carbocycles. The average molecular weight is 281 g/mol. The lowest BCUT2D eigenvalue weighted by molar-refractivity contribution is -0.249. The molecule has 0 unspecified atom stereocenters. The first kappa shape index (κ1) is 18.1. The van der Waals surface area contributed by atoms with Gasteiger partial charge < -0.3 is 14.2 Å². The van der Waals surface area contributed by atoms with E-state index in [4.69, 9.17) is 24.3 Å². The number of amides is 1. The van der Waals surface area contributed by atoms with Crippen LogP contribution >= 0.6 is 0 Å². The summed E-state index contributed by atoms with van der Waals surface area (Å²) >= 11 is 0. The van der Waals surface area contributed by atoms with Crippen molar-refractivity contribution in [3.8, 4) is 0 Å². The van der Waals surface area contributed by atoms with Crippen LogP contribution in [0, 0.1) is 0 Å². The van der Waals surface area contributed by atoms with Crippen molar-refractivity contribution in [2.45, 2.75) is 26.4 Å². The van der Waals surface area contributed by atoms with Gasteiger partial charge in [-0.1, -0.05) is 0 Å². The van der Waals surface area contributed by atoms with E-state index in [1.165, 1.54) is 0 Å². The van der Waals surface area contributed by atoms with Gasteiger partial charge in [-0.3, -0.25) is 10.1 Å². The summed E-state index contributed by atoms with van der Waals surface area (Å²) in [4.78, 5) is 19.8. The van der Waals surface area contributed by atoms with Gasteiger partial charge in [0, 0.05) is 0 Å². The first-order valence-electron chi connectivity index (χ1n) is 5.98. The zero-order valence-electron chi connectivity index (χ0n) is 11.6. The number of rotatable bonds is 10. The SMILES string of the molecule is CC(C)(C)OC(=O)NOCCOCCOCCOO. The van der Waals surface area contributed by atoms with Gasteiger partial charge in [-0.2, -0.15) is 5.48 Å². The fourth-order valence-electron chi connectivity index (χ4n) is 0.928. The molecule has 0 bridgehead atoms. The molecule has 0 radical (unpaired) electrons. The summed E-state index contributed by atoms with van der Waals surface area (Å²) in [5.74, 6) is 0. The second kappa shape index (κ2) is 10.9. The van der Waals surface area contributed by atoms with E-state index in [1.807, 2.05) is 0 Å². The zero-order valence-corrected chi connectivity index (χ0v) is 11.6. The molecule has 1 amide bonds. The first-order chi connectivity index (χ1) is 8.95. The van der Waals surface area contributed by atoms with E-state index in [0.29, 0.717) is 26.4 Å². The van der Waals surface area contributed by atoms with Crippen LogP contribution in [-0.2, 0) is 23.9 Å². The van der Waals surface area contributed by atoms with Crippen molar-refractivity contribution in [3.63, 3.8) is 0 Å². The highest BCUT2D eigenvalue weighted by molar-refractivity contribution is 5.66. The third-order valence-corrected chi connectivity index (χ3v) is 1.58. The summed E-state index contributed by atoms with van der Waals surface area (Å²) in [6, 6.07) is 0. The fourth-order valence-corrected chi connectivity index (χ4v) is 0.928. The molecule has 0 heterocycles. The minimum absolute atomic E-state index is 0.128. The second-order valence-corrected chi connectivity index (χ2v) is 4.51. The molecule has 0 aromatic rings. The average Bonchev–Trinajstić information content (AvgIpc) is 2.29. The number of carbonyl (C=O) groups excluding carboxylic acids is 1. The molecule has 19 heavy (non-hydrogen) atoms. The molecule has 0 fully saturated rings. The molecule has 0 aromatic heterocycles. The quantitative estimate of drug-likeness (QED) is 0.350. The Balaban J connectivity index is 3.21. The molecule has 0 atom stereocenters. The molecule has 114 valence electrons. The molecular formula is C11H23NO7.